The fourth-order valence-corrected chi connectivity index (χ4v) is 5.93. The summed E-state index contributed by atoms with van der Waals surface area (Å²) in [4.78, 5) is 36.3. The Morgan fingerprint density at radius 2 is 1.68 bits per heavy atom. The number of ether oxygens (including phenoxy) is 1. The topological polar surface area (TPSA) is 98.4 Å². The minimum atomic E-state index is -0.447. The molecule has 1 aliphatic rings. The Labute approximate surface area is 270 Å². The van der Waals surface area contributed by atoms with Gasteiger partial charge in [0.05, 0.1) is 35.9 Å². The minimum Gasteiger partial charge on any atom is -0.481 e. The molecule has 0 aliphatic carbocycles. The van der Waals surface area contributed by atoms with Crippen LogP contribution in [0.3, 0.4) is 0 Å². The van der Waals surface area contributed by atoms with Gasteiger partial charge in [0.25, 0.3) is 5.91 Å². The molecule has 0 fully saturated rings. The third-order valence-corrected chi connectivity index (χ3v) is 8.06. The Bertz CT molecular complexity index is 2150. The van der Waals surface area contributed by atoms with E-state index in [1.54, 1.807) is 52.3 Å². The molecule has 11 heteroatoms. The van der Waals surface area contributed by atoms with Crippen molar-refractivity contribution in [2.75, 3.05) is 23.5 Å². The Hall–Kier alpha value is -6.10. The van der Waals surface area contributed by atoms with Gasteiger partial charge in [0.15, 0.2) is 11.6 Å². The van der Waals surface area contributed by atoms with Gasteiger partial charge in [-0.3, -0.25) is 19.1 Å². The number of carbonyl (C=O) groups excluding carboxylic acids is 2. The summed E-state index contributed by atoms with van der Waals surface area (Å²) in [6.45, 7) is 3.53. The first-order valence-electron chi connectivity index (χ1n) is 15.1. The van der Waals surface area contributed by atoms with Crippen LogP contribution in [0.25, 0.3) is 39.8 Å². The van der Waals surface area contributed by atoms with Crippen LogP contribution in [0.5, 0.6) is 5.88 Å². The fraction of sp³-hybridized carbons (Fsp3) is 0.139. The van der Waals surface area contributed by atoms with Crippen LogP contribution in [0.2, 0.25) is 0 Å². The number of hydrogen-bond donors (Lipinski definition) is 0. The van der Waals surface area contributed by atoms with Gasteiger partial charge in [-0.05, 0) is 56.3 Å². The van der Waals surface area contributed by atoms with Crippen LogP contribution in [0, 0.1) is 5.82 Å². The summed E-state index contributed by atoms with van der Waals surface area (Å²) in [7, 11) is 1.53. The van der Waals surface area contributed by atoms with Crippen molar-refractivity contribution in [3.8, 4) is 23.0 Å². The van der Waals surface area contributed by atoms with Gasteiger partial charge in [-0.1, -0.05) is 42.5 Å². The van der Waals surface area contributed by atoms with Crippen molar-refractivity contribution >= 4 is 45.9 Å². The van der Waals surface area contributed by atoms with E-state index in [0.29, 0.717) is 45.5 Å². The van der Waals surface area contributed by atoms with Crippen LogP contribution in [0.4, 0.5) is 15.8 Å². The molecule has 0 atom stereocenters. The first-order chi connectivity index (χ1) is 22.8. The molecular weight excluding hydrogens is 597 g/mol. The number of methoxy groups -OCH3 is 1. The molecule has 10 nitrogen and oxygen atoms in total. The Morgan fingerprint density at radius 3 is 2.40 bits per heavy atom. The monoisotopic (exact) mass is 627 g/mol. The Balaban J connectivity index is 1.40. The van der Waals surface area contributed by atoms with Crippen LogP contribution < -0.4 is 14.5 Å². The van der Waals surface area contributed by atoms with Gasteiger partial charge in [0, 0.05) is 35.5 Å². The van der Waals surface area contributed by atoms with Crippen LogP contribution in [0.1, 0.15) is 19.7 Å². The first-order valence-corrected chi connectivity index (χ1v) is 15.1. The number of pyridine rings is 1. The van der Waals surface area contributed by atoms with Crippen LogP contribution >= 0.6 is 0 Å². The third-order valence-electron chi connectivity index (χ3n) is 8.06. The number of amides is 2. The van der Waals surface area contributed by atoms with Crippen LogP contribution in [0.15, 0.2) is 103 Å². The lowest BCUT2D eigenvalue weighted by Gasteiger charge is -2.30. The maximum Gasteiger partial charge on any atom is 0.264 e. The lowest BCUT2D eigenvalue weighted by molar-refractivity contribution is -0.120. The summed E-state index contributed by atoms with van der Waals surface area (Å²) in [6.07, 6.45) is 5.00. The minimum absolute atomic E-state index is 0.202. The predicted octanol–water partition coefficient (Wildman–Crippen LogP) is 6.22. The van der Waals surface area contributed by atoms with Crippen molar-refractivity contribution in [3.05, 3.63) is 115 Å². The number of fused-ring (bicyclic) bond motifs is 4. The molecule has 3 aromatic carbocycles. The summed E-state index contributed by atoms with van der Waals surface area (Å²) in [5.41, 5.74) is 3.43. The van der Waals surface area contributed by atoms with Gasteiger partial charge in [-0.15, -0.1) is 10.2 Å². The molecule has 0 bridgehead atoms. The number of rotatable bonds is 7. The average Bonchev–Trinajstić information content (AvgIpc) is 3.68. The summed E-state index contributed by atoms with van der Waals surface area (Å²) >= 11 is 0. The fourth-order valence-electron chi connectivity index (χ4n) is 5.93. The van der Waals surface area contributed by atoms with Crippen molar-refractivity contribution in [2.24, 2.45) is 0 Å². The maximum absolute atomic E-state index is 14.8. The number of para-hydroxylation sites is 2. The largest absolute Gasteiger partial charge is 0.481 e. The normalized spacial score (nSPS) is 13.5. The van der Waals surface area contributed by atoms with Crippen LogP contribution in [-0.2, 0) is 9.59 Å². The lowest BCUT2D eigenvalue weighted by Crippen LogP contribution is -2.46. The highest BCUT2D eigenvalue weighted by molar-refractivity contribution is 6.30. The second-order valence-corrected chi connectivity index (χ2v) is 11.3. The highest BCUT2D eigenvalue weighted by Gasteiger charge is 2.36. The molecule has 0 saturated heterocycles. The van der Waals surface area contributed by atoms with Gasteiger partial charge in [-0.2, -0.15) is 0 Å². The van der Waals surface area contributed by atoms with Crippen molar-refractivity contribution in [1.29, 1.82) is 0 Å². The molecule has 47 heavy (non-hydrogen) atoms. The Morgan fingerprint density at radius 1 is 0.936 bits per heavy atom. The molecule has 4 heterocycles. The predicted molar refractivity (Wildman–Crippen MR) is 179 cm³/mol. The molecule has 0 unspecified atom stereocenters. The zero-order chi connectivity index (χ0) is 32.7. The van der Waals surface area contributed by atoms with E-state index in [4.69, 9.17) is 4.74 Å². The van der Waals surface area contributed by atoms with Gasteiger partial charge in [-0.25, -0.2) is 9.37 Å². The zero-order valence-electron chi connectivity index (χ0n) is 25.9. The van der Waals surface area contributed by atoms with E-state index in [1.165, 1.54) is 24.1 Å². The second-order valence-electron chi connectivity index (χ2n) is 11.3. The van der Waals surface area contributed by atoms with E-state index < -0.39 is 5.91 Å². The number of halogens is 1. The third kappa shape index (κ3) is 5.31. The SMILES string of the molecule is COc1ccc(N(C(=O)CN2C(=O)C(=Cn3ccc4cc(F)ccc43)c3nnc(-c4ccccc4)n3-c3ccccc32)C(C)C)cn1. The van der Waals surface area contributed by atoms with Crippen molar-refractivity contribution in [2.45, 2.75) is 19.9 Å². The van der Waals surface area contributed by atoms with E-state index in [2.05, 4.69) is 15.2 Å². The van der Waals surface area contributed by atoms with Crippen molar-refractivity contribution in [3.63, 3.8) is 0 Å². The molecule has 7 rings (SSSR count). The number of anilines is 2. The van der Waals surface area contributed by atoms with E-state index in [1.807, 2.05) is 73.0 Å². The molecule has 0 N–H and O–H groups in total. The van der Waals surface area contributed by atoms with Gasteiger partial charge in [0.1, 0.15) is 17.9 Å². The first kappa shape index (κ1) is 29.6. The number of carbonyl (C=O) groups is 2. The van der Waals surface area contributed by atoms with Gasteiger partial charge >= 0.3 is 0 Å². The average molecular weight is 628 g/mol. The van der Waals surface area contributed by atoms with Crippen molar-refractivity contribution in [1.82, 2.24) is 24.3 Å². The second kappa shape index (κ2) is 12.0. The summed E-state index contributed by atoms with van der Waals surface area (Å²) in [6, 6.07) is 26.4. The number of hydrogen-bond acceptors (Lipinski definition) is 6. The highest BCUT2D eigenvalue weighted by Crippen LogP contribution is 2.37. The molecule has 0 radical (unpaired) electrons. The standard InChI is InChI=1S/C36H30FN7O3/c1-23(2)43(27-14-16-32(47-3)38-20-27)33(45)22-42-30-11-7-8-12-31(30)44-34(24-9-5-4-6-10-24)39-40-35(44)28(36(42)46)21-41-18-17-25-19-26(37)13-15-29(25)41/h4-21,23H,22H2,1-3H3. The highest BCUT2D eigenvalue weighted by atomic mass is 19.1. The summed E-state index contributed by atoms with van der Waals surface area (Å²) in [5, 5.41) is 9.76. The molecule has 1 aliphatic heterocycles. The maximum atomic E-state index is 14.8. The molecule has 0 saturated carbocycles. The number of aromatic nitrogens is 5. The molecule has 2 amide bonds. The quantitative estimate of drug-likeness (QED) is 0.195. The number of nitrogens with zero attached hydrogens (tertiary/aromatic N) is 7. The van der Waals surface area contributed by atoms with Gasteiger partial charge < -0.3 is 14.2 Å². The Kier molecular flexibility index (Phi) is 7.56. The van der Waals surface area contributed by atoms with Crippen LogP contribution in [-0.4, -0.2) is 55.8 Å². The van der Waals surface area contributed by atoms with E-state index >= 15 is 0 Å². The van der Waals surface area contributed by atoms with E-state index in [0.717, 1.165) is 5.56 Å². The van der Waals surface area contributed by atoms with E-state index in [-0.39, 0.29) is 29.9 Å². The zero-order valence-corrected chi connectivity index (χ0v) is 25.9. The molecule has 234 valence electrons. The molecule has 6 aromatic rings. The molecule has 0 spiro atoms. The smallest absolute Gasteiger partial charge is 0.264 e. The number of benzene rings is 3. The summed E-state index contributed by atoms with van der Waals surface area (Å²) < 4.78 is 22.8. The van der Waals surface area contributed by atoms with Crippen molar-refractivity contribution < 1.29 is 18.7 Å². The van der Waals surface area contributed by atoms with E-state index in [9.17, 15) is 14.0 Å². The summed E-state index contributed by atoms with van der Waals surface area (Å²) in [5.74, 6) is 0.151. The molecule has 3 aromatic heterocycles. The van der Waals surface area contributed by atoms with Gasteiger partial charge in [0.2, 0.25) is 11.8 Å². The lowest BCUT2D eigenvalue weighted by atomic mass is 10.2. The molecular formula is C36H30FN7O3.